The molecule has 1 aromatic heterocycles. The van der Waals surface area contributed by atoms with E-state index in [1.165, 1.54) is 25.7 Å². The third kappa shape index (κ3) is 2.92. The fraction of sp³-hybridized carbons (Fsp3) is 0.688. The maximum Gasteiger partial charge on any atom is 0.166 e. The van der Waals surface area contributed by atoms with Gasteiger partial charge in [-0.25, -0.2) is 0 Å². The second-order valence-corrected chi connectivity index (χ2v) is 6.04. The van der Waals surface area contributed by atoms with Gasteiger partial charge in [0.2, 0.25) is 0 Å². The third-order valence-corrected chi connectivity index (χ3v) is 4.45. The van der Waals surface area contributed by atoms with Crippen LogP contribution in [0.3, 0.4) is 0 Å². The molecule has 0 saturated heterocycles. The van der Waals surface area contributed by atoms with Gasteiger partial charge in [-0.1, -0.05) is 33.6 Å². The summed E-state index contributed by atoms with van der Waals surface area (Å²) in [5.41, 5.74) is 3.01. The minimum Gasteiger partial charge on any atom is -0.367 e. The summed E-state index contributed by atoms with van der Waals surface area (Å²) < 4.78 is 0. The predicted molar refractivity (Wildman–Crippen MR) is 80.6 cm³/mol. The molecule has 108 valence electrons. The zero-order valence-electron chi connectivity index (χ0n) is 12.8. The van der Waals surface area contributed by atoms with E-state index in [0.29, 0.717) is 16.8 Å². The van der Waals surface area contributed by atoms with E-state index in [1.807, 2.05) is 0 Å². The summed E-state index contributed by atoms with van der Waals surface area (Å²) in [5.74, 6) is 0.662. The normalized spacial score (nSPS) is 16.9. The summed E-state index contributed by atoms with van der Waals surface area (Å²) in [5, 5.41) is 21.3. The minimum atomic E-state index is 0.338. The topological polar surface area (TPSA) is 61.6 Å². The molecule has 1 heterocycles. The van der Waals surface area contributed by atoms with Crippen LogP contribution in [0.15, 0.2) is 0 Å². The second kappa shape index (κ2) is 6.21. The first-order chi connectivity index (χ1) is 9.63. The van der Waals surface area contributed by atoms with Crippen molar-refractivity contribution in [3.05, 3.63) is 16.8 Å². The Hall–Kier alpha value is -1.63. The molecule has 1 aliphatic rings. The van der Waals surface area contributed by atoms with Crippen LogP contribution < -0.4 is 5.32 Å². The number of nitrogens with one attached hydrogen (secondary N) is 1. The highest BCUT2D eigenvalue weighted by atomic mass is 15.2. The number of anilines is 1. The van der Waals surface area contributed by atoms with E-state index in [-0.39, 0.29) is 0 Å². The van der Waals surface area contributed by atoms with E-state index < -0.39 is 0 Å². The van der Waals surface area contributed by atoms with Gasteiger partial charge >= 0.3 is 0 Å². The Balaban J connectivity index is 2.21. The first kappa shape index (κ1) is 14.8. The summed E-state index contributed by atoms with van der Waals surface area (Å²) in [4.78, 5) is 0. The fourth-order valence-corrected chi connectivity index (χ4v) is 3.12. The number of aromatic nitrogens is 2. The van der Waals surface area contributed by atoms with Gasteiger partial charge in [0.25, 0.3) is 0 Å². The number of nitriles is 1. The van der Waals surface area contributed by atoms with Gasteiger partial charge < -0.3 is 5.32 Å². The van der Waals surface area contributed by atoms with Gasteiger partial charge in [-0.15, -0.1) is 5.10 Å². The maximum atomic E-state index is 9.45. The van der Waals surface area contributed by atoms with Crippen LogP contribution in [0.4, 0.5) is 5.82 Å². The standard InChI is InChI=1S/C16H24N4/c1-4-12-13(10-17)15(20-19-14(12)5-2)18-11-16(3)8-6-7-9-16/h4-9,11H2,1-3H3,(H,18,20). The van der Waals surface area contributed by atoms with E-state index in [0.717, 1.165) is 30.6 Å². The highest BCUT2D eigenvalue weighted by molar-refractivity contribution is 5.56. The summed E-state index contributed by atoms with van der Waals surface area (Å²) >= 11 is 0. The summed E-state index contributed by atoms with van der Waals surface area (Å²) in [6.45, 7) is 7.31. The van der Waals surface area contributed by atoms with Crippen LogP contribution in [0.2, 0.25) is 0 Å². The monoisotopic (exact) mass is 272 g/mol. The molecular weight excluding hydrogens is 248 g/mol. The van der Waals surface area contributed by atoms with Crippen LogP contribution >= 0.6 is 0 Å². The lowest BCUT2D eigenvalue weighted by Crippen LogP contribution is -2.24. The average molecular weight is 272 g/mol. The van der Waals surface area contributed by atoms with Crippen LogP contribution in [0.5, 0.6) is 0 Å². The largest absolute Gasteiger partial charge is 0.367 e. The van der Waals surface area contributed by atoms with E-state index in [4.69, 9.17) is 0 Å². The molecule has 0 spiro atoms. The minimum absolute atomic E-state index is 0.338. The predicted octanol–water partition coefficient (Wildman–Crippen LogP) is 3.47. The first-order valence-electron chi connectivity index (χ1n) is 7.66. The van der Waals surface area contributed by atoms with Gasteiger partial charge in [0.05, 0.1) is 5.69 Å². The Labute approximate surface area is 121 Å². The number of nitrogens with zero attached hydrogens (tertiary/aromatic N) is 3. The van der Waals surface area contributed by atoms with Crippen molar-refractivity contribution < 1.29 is 0 Å². The van der Waals surface area contributed by atoms with Crippen LogP contribution in [0.1, 0.15) is 63.3 Å². The van der Waals surface area contributed by atoms with Crippen LogP contribution in [-0.4, -0.2) is 16.7 Å². The Morgan fingerprint density at radius 1 is 1.20 bits per heavy atom. The van der Waals surface area contributed by atoms with Crippen molar-refractivity contribution >= 4 is 5.82 Å². The van der Waals surface area contributed by atoms with Crippen molar-refractivity contribution in [3.63, 3.8) is 0 Å². The van der Waals surface area contributed by atoms with Crippen LogP contribution in [0, 0.1) is 16.7 Å². The summed E-state index contributed by atoms with van der Waals surface area (Å²) in [6.07, 6.45) is 6.77. The highest BCUT2D eigenvalue weighted by Gasteiger charge is 2.29. The van der Waals surface area contributed by atoms with Gasteiger partial charge in [0.15, 0.2) is 5.82 Å². The quantitative estimate of drug-likeness (QED) is 0.891. The number of aryl methyl sites for hydroxylation is 1. The molecule has 4 nitrogen and oxygen atoms in total. The third-order valence-electron chi connectivity index (χ3n) is 4.45. The molecule has 4 heteroatoms. The molecule has 1 N–H and O–H groups in total. The number of hydrogen-bond acceptors (Lipinski definition) is 4. The van der Waals surface area contributed by atoms with E-state index in [9.17, 15) is 5.26 Å². The zero-order valence-corrected chi connectivity index (χ0v) is 12.8. The lowest BCUT2D eigenvalue weighted by atomic mass is 9.89. The Morgan fingerprint density at radius 3 is 2.45 bits per heavy atom. The lowest BCUT2D eigenvalue weighted by molar-refractivity contribution is 0.361. The Bertz CT molecular complexity index is 510. The Kier molecular flexibility index (Phi) is 4.59. The fourth-order valence-electron chi connectivity index (χ4n) is 3.12. The summed E-state index contributed by atoms with van der Waals surface area (Å²) in [7, 11) is 0. The molecule has 0 aliphatic heterocycles. The molecule has 1 saturated carbocycles. The maximum absolute atomic E-state index is 9.45. The zero-order chi connectivity index (χ0) is 14.6. The Morgan fingerprint density at radius 2 is 1.90 bits per heavy atom. The number of hydrogen-bond donors (Lipinski definition) is 1. The molecule has 0 aromatic carbocycles. The molecule has 0 bridgehead atoms. The average Bonchev–Trinajstić information content (AvgIpc) is 2.91. The van der Waals surface area contributed by atoms with E-state index >= 15 is 0 Å². The molecule has 20 heavy (non-hydrogen) atoms. The smallest absolute Gasteiger partial charge is 0.166 e. The molecule has 1 aromatic rings. The van der Waals surface area contributed by atoms with Crippen molar-refractivity contribution in [2.45, 2.75) is 59.3 Å². The van der Waals surface area contributed by atoms with Crippen molar-refractivity contribution in [1.82, 2.24) is 10.2 Å². The first-order valence-corrected chi connectivity index (χ1v) is 7.66. The van der Waals surface area contributed by atoms with Crippen molar-refractivity contribution in [2.75, 3.05) is 11.9 Å². The number of rotatable bonds is 5. The van der Waals surface area contributed by atoms with Crippen LogP contribution in [0.25, 0.3) is 0 Å². The lowest BCUT2D eigenvalue weighted by Gasteiger charge is -2.24. The molecule has 1 aliphatic carbocycles. The molecule has 0 radical (unpaired) electrons. The van der Waals surface area contributed by atoms with Crippen molar-refractivity contribution in [2.24, 2.45) is 5.41 Å². The highest BCUT2D eigenvalue weighted by Crippen LogP contribution is 2.37. The second-order valence-electron chi connectivity index (χ2n) is 6.04. The van der Waals surface area contributed by atoms with Gasteiger partial charge in [0.1, 0.15) is 11.6 Å². The molecule has 2 rings (SSSR count). The SMILES string of the molecule is CCc1nnc(NCC2(C)CCCC2)c(C#N)c1CC. The van der Waals surface area contributed by atoms with Gasteiger partial charge in [0, 0.05) is 6.54 Å². The van der Waals surface area contributed by atoms with E-state index in [2.05, 4.69) is 42.4 Å². The summed E-state index contributed by atoms with van der Waals surface area (Å²) in [6, 6.07) is 2.31. The molecule has 0 atom stereocenters. The molecule has 0 amide bonds. The van der Waals surface area contributed by atoms with Crippen molar-refractivity contribution in [3.8, 4) is 6.07 Å². The van der Waals surface area contributed by atoms with Gasteiger partial charge in [-0.05, 0) is 36.7 Å². The van der Waals surface area contributed by atoms with Gasteiger partial charge in [-0.2, -0.15) is 10.4 Å². The van der Waals surface area contributed by atoms with E-state index in [1.54, 1.807) is 0 Å². The van der Waals surface area contributed by atoms with Crippen LogP contribution in [-0.2, 0) is 12.8 Å². The molecule has 1 fully saturated rings. The molecular formula is C16H24N4. The van der Waals surface area contributed by atoms with Crippen molar-refractivity contribution in [1.29, 1.82) is 5.26 Å². The van der Waals surface area contributed by atoms with Gasteiger partial charge in [-0.3, -0.25) is 0 Å². The molecule has 0 unspecified atom stereocenters.